The zero-order valence-corrected chi connectivity index (χ0v) is 9.31. The highest BCUT2D eigenvalue weighted by Crippen LogP contribution is 2.17. The molecule has 0 saturated carbocycles. The third kappa shape index (κ3) is 4.66. The summed E-state index contributed by atoms with van der Waals surface area (Å²) in [5.41, 5.74) is 0. The van der Waals surface area contributed by atoms with Crippen molar-refractivity contribution in [2.75, 3.05) is 0 Å². The second-order valence-electron chi connectivity index (χ2n) is 4.54. The summed E-state index contributed by atoms with van der Waals surface area (Å²) in [6.07, 6.45) is 11.3. The smallest absolute Gasteiger partial charge is 0.00695 e. The van der Waals surface area contributed by atoms with Gasteiger partial charge in [0.2, 0.25) is 0 Å². The first-order valence-corrected chi connectivity index (χ1v) is 6.09. The van der Waals surface area contributed by atoms with Gasteiger partial charge >= 0.3 is 0 Å². The molecule has 1 heterocycles. The summed E-state index contributed by atoms with van der Waals surface area (Å²) in [6, 6.07) is 1.60. The number of piperidine rings is 1. The van der Waals surface area contributed by atoms with Crippen molar-refractivity contribution in [2.24, 2.45) is 0 Å². The van der Waals surface area contributed by atoms with E-state index in [1.807, 2.05) is 0 Å². The molecule has 0 radical (unpaired) electrons. The van der Waals surface area contributed by atoms with Crippen LogP contribution in [0.4, 0.5) is 0 Å². The zero-order valence-electron chi connectivity index (χ0n) is 9.31. The molecule has 1 N–H and O–H groups in total. The fourth-order valence-corrected chi connectivity index (χ4v) is 2.28. The summed E-state index contributed by atoms with van der Waals surface area (Å²) in [6.45, 7) is 4.60. The van der Waals surface area contributed by atoms with Crippen molar-refractivity contribution in [3.63, 3.8) is 0 Å². The van der Waals surface area contributed by atoms with Gasteiger partial charge in [0.05, 0.1) is 0 Å². The maximum absolute atomic E-state index is 3.69. The van der Waals surface area contributed by atoms with E-state index in [1.54, 1.807) is 0 Å². The quantitative estimate of drug-likeness (QED) is 0.643. The molecule has 2 atom stereocenters. The van der Waals surface area contributed by atoms with Gasteiger partial charge in [0.25, 0.3) is 0 Å². The SMILES string of the molecule is CCCCCC[C@@H]1CCC[C@@H](C)N1. The van der Waals surface area contributed by atoms with Gasteiger partial charge in [-0.15, -0.1) is 0 Å². The van der Waals surface area contributed by atoms with E-state index in [0.717, 1.165) is 12.1 Å². The number of hydrogen-bond acceptors (Lipinski definition) is 1. The molecule has 1 saturated heterocycles. The number of hydrogen-bond donors (Lipinski definition) is 1. The number of unbranched alkanes of at least 4 members (excludes halogenated alkanes) is 3. The average Bonchev–Trinajstić information content (AvgIpc) is 2.13. The first kappa shape index (κ1) is 11.0. The lowest BCUT2D eigenvalue weighted by Gasteiger charge is -2.28. The highest BCUT2D eigenvalue weighted by Gasteiger charge is 2.16. The fourth-order valence-electron chi connectivity index (χ4n) is 2.28. The van der Waals surface area contributed by atoms with Crippen LogP contribution in [0.1, 0.15) is 65.2 Å². The Kier molecular flexibility index (Phi) is 5.45. The Morgan fingerprint density at radius 3 is 2.69 bits per heavy atom. The molecule has 1 aliphatic heterocycles. The van der Waals surface area contributed by atoms with Gasteiger partial charge in [-0.1, -0.05) is 39.0 Å². The highest BCUT2D eigenvalue weighted by molar-refractivity contribution is 4.77. The molecule has 78 valence electrons. The molecule has 1 fully saturated rings. The van der Waals surface area contributed by atoms with Gasteiger partial charge in [0.1, 0.15) is 0 Å². The molecule has 0 amide bonds. The Balaban J connectivity index is 2.00. The van der Waals surface area contributed by atoms with Crippen molar-refractivity contribution in [3.05, 3.63) is 0 Å². The minimum Gasteiger partial charge on any atom is -0.312 e. The molecule has 1 aliphatic rings. The Morgan fingerprint density at radius 2 is 2.00 bits per heavy atom. The van der Waals surface area contributed by atoms with Crippen LogP contribution in [-0.2, 0) is 0 Å². The maximum atomic E-state index is 3.69. The zero-order chi connectivity index (χ0) is 9.52. The molecule has 0 aromatic carbocycles. The van der Waals surface area contributed by atoms with E-state index in [2.05, 4.69) is 19.2 Å². The summed E-state index contributed by atoms with van der Waals surface area (Å²) in [5, 5.41) is 3.69. The first-order valence-electron chi connectivity index (χ1n) is 6.09. The molecule has 0 spiro atoms. The van der Waals surface area contributed by atoms with E-state index in [4.69, 9.17) is 0 Å². The average molecular weight is 183 g/mol. The van der Waals surface area contributed by atoms with Gasteiger partial charge in [-0.2, -0.15) is 0 Å². The minimum absolute atomic E-state index is 0.768. The summed E-state index contributed by atoms with van der Waals surface area (Å²) >= 11 is 0. The molecule has 0 aliphatic carbocycles. The van der Waals surface area contributed by atoms with Crippen molar-refractivity contribution in [2.45, 2.75) is 77.3 Å². The molecule has 0 unspecified atom stereocenters. The van der Waals surface area contributed by atoms with Gasteiger partial charge in [-0.3, -0.25) is 0 Å². The largest absolute Gasteiger partial charge is 0.312 e. The molecule has 1 rings (SSSR count). The predicted octanol–water partition coefficient (Wildman–Crippen LogP) is 3.49. The van der Waals surface area contributed by atoms with Gasteiger partial charge in [0, 0.05) is 12.1 Å². The lowest BCUT2D eigenvalue weighted by Crippen LogP contribution is -2.40. The predicted molar refractivity (Wildman–Crippen MR) is 59.0 cm³/mol. The molecule has 0 aromatic heterocycles. The first-order chi connectivity index (χ1) is 6.33. The van der Waals surface area contributed by atoms with Gasteiger partial charge in [-0.05, 0) is 26.2 Å². The van der Waals surface area contributed by atoms with E-state index in [9.17, 15) is 0 Å². The molecular weight excluding hydrogens is 158 g/mol. The van der Waals surface area contributed by atoms with E-state index in [-0.39, 0.29) is 0 Å². The molecule has 1 nitrogen and oxygen atoms in total. The third-order valence-electron chi connectivity index (χ3n) is 3.12. The van der Waals surface area contributed by atoms with Crippen molar-refractivity contribution < 1.29 is 0 Å². The minimum atomic E-state index is 0.768. The van der Waals surface area contributed by atoms with Crippen LogP contribution in [0.5, 0.6) is 0 Å². The van der Waals surface area contributed by atoms with Crippen LogP contribution in [0, 0.1) is 0 Å². The molecule has 1 heteroatoms. The lowest BCUT2D eigenvalue weighted by atomic mass is 9.95. The van der Waals surface area contributed by atoms with Crippen molar-refractivity contribution >= 4 is 0 Å². The summed E-state index contributed by atoms with van der Waals surface area (Å²) in [5.74, 6) is 0. The van der Waals surface area contributed by atoms with Crippen molar-refractivity contribution in [1.29, 1.82) is 0 Å². The summed E-state index contributed by atoms with van der Waals surface area (Å²) < 4.78 is 0. The van der Waals surface area contributed by atoms with Crippen LogP contribution in [0.3, 0.4) is 0 Å². The Morgan fingerprint density at radius 1 is 1.15 bits per heavy atom. The molecule has 0 bridgehead atoms. The van der Waals surface area contributed by atoms with Gasteiger partial charge in [-0.25, -0.2) is 0 Å². The Hall–Kier alpha value is -0.0400. The molecule has 0 aromatic rings. The van der Waals surface area contributed by atoms with Crippen LogP contribution < -0.4 is 5.32 Å². The Bertz CT molecular complexity index is 122. The van der Waals surface area contributed by atoms with Crippen LogP contribution in [0.2, 0.25) is 0 Å². The van der Waals surface area contributed by atoms with E-state index in [1.165, 1.54) is 51.4 Å². The van der Waals surface area contributed by atoms with E-state index >= 15 is 0 Å². The van der Waals surface area contributed by atoms with E-state index < -0.39 is 0 Å². The van der Waals surface area contributed by atoms with Crippen LogP contribution >= 0.6 is 0 Å². The second kappa shape index (κ2) is 6.42. The standard InChI is InChI=1S/C12H25N/c1-3-4-5-6-9-12-10-7-8-11(2)13-12/h11-13H,3-10H2,1-2H3/t11-,12-/m1/s1. The van der Waals surface area contributed by atoms with E-state index in [0.29, 0.717) is 0 Å². The van der Waals surface area contributed by atoms with Crippen LogP contribution in [0.15, 0.2) is 0 Å². The van der Waals surface area contributed by atoms with Gasteiger partial charge < -0.3 is 5.32 Å². The van der Waals surface area contributed by atoms with Gasteiger partial charge in [0.15, 0.2) is 0 Å². The topological polar surface area (TPSA) is 12.0 Å². The number of nitrogens with one attached hydrogen (secondary N) is 1. The summed E-state index contributed by atoms with van der Waals surface area (Å²) in [7, 11) is 0. The normalized spacial score (nSPS) is 29.1. The molecular formula is C12H25N. The number of rotatable bonds is 5. The maximum Gasteiger partial charge on any atom is 0.00695 e. The van der Waals surface area contributed by atoms with Crippen molar-refractivity contribution in [1.82, 2.24) is 5.32 Å². The summed E-state index contributed by atoms with van der Waals surface area (Å²) in [4.78, 5) is 0. The monoisotopic (exact) mass is 183 g/mol. The molecule has 13 heavy (non-hydrogen) atoms. The lowest BCUT2D eigenvalue weighted by molar-refractivity contribution is 0.315. The third-order valence-corrected chi connectivity index (χ3v) is 3.12. The highest BCUT2D eigenvalue weighted by atomic mass is 15.0. The van der Waals surface area contributed by atoms with Crippen molar-refractivity contribution in [3.8, 4) is 0 Å². The second-order valence-corrected chi connectivity index (χ2v) is 4.54. The Labute approximate surface area is 83.3 Å². The van der Waals surface area contributed by atoms with Crippen LogP contribution in [-0.4, -0.2) is 12.1 Å². The van der Waals surface area contributed by atoms with Crippen LogP contribution in [0.25, 0.3) is 0 Å². The fraction of sp³-hybridized carbons (Fsp3) is 1.00.